The lowest BCUT2D eigenvalue weighted by atomic mass is 9.84. The Balaban J connectivity index is 1.73. The van der Waals surface area contributed by atoms with Gasteiger partial charge in [0.1, 0.15) is 6.10 Å². The van der Waals surface area contributed by atoms with Crippen molar-refractivity contribution in [3.05, 3.63) is 0 Å². The molecule has 2 fully saturated rings. The first-order chi connectivity index (χ1) is 10.6. The molecule has 2 aliphatic rings. The standard InChI is InChI=1S/C17H24O5/c1-2-3-4-5-13-10-15(13)22-16(18)11-14(17(19)20)12-6-8-21-9-7-12/h1,12-15H,3-11H2,(H,19,20)/t13-,14+,15-/m1/s1. The number of hydrogen-bond acceptors (Lipinski definition) is 4. The van der Waals surface area contributed by atoms with E-state index in [1.165, 1.54) is 0 Å². The van der Waals surface area contributed by atoms with Crippen LogP contribution in [0.25, 0.3) is 0 Å². The Hall–Kier alpha value is -1.54. The molecule has 1 saturated carbocycles. The van der Waals surface area contributed by atoms with Crippen LogP contribution >= 0.6 is 0 Å². The minimum atomic E-state index is -0.912. The molecule has 0 bridgehead atoms. The number of unbranched alkanes of at least 4 members (excludes halogenated alkanes) is 1. The largest absolute Gasteiger partial charge is 0.481 e. The van der Waals surface area contributed by atoms with Crippen molar-refractivity contribution in [3.63, 3.8) is 0 Å². The maximum absolute atomic E-state index is 12.0. The Morgan fingerprint density at radius 3 is 2.73 bits per heavy atom. The van der Waals surface area contributed by atoms with Crippen LogP contribution < -0.4 is 0 Å². The van der Waals surface area contributed by atoms with Crippen molar-refractivity contribution in [2.75, 3.05) is 13.2 Å². The third kappa shape index (κ3) is 5.03. The number of aliphatic carboxylic acids is 1. The van der Waals surface area contributed by atoms with Gasteiger partial charge in [0.2, 0.25) is 0 Å². The number of carboxylic acid groups (broad SMARTS) is 1. The molecule has 122 valence electrons. The van der Waals surface area contributed by atoms with Crippen molar-refractivity contribution in [1.82, 2.24) is 0 Å². The van der Waals surface area contributed by atoms with Gasteiger partial charge >= 0.3 is 11.9 Å². The molecule has 1 aliphatic heterocycles. The van der Waals surface area contributed by atoms with Gasteiger partial charge in [-0.15, -0.1) is 12.3 Å². The Morgan fingerprint density at radius 1 is 1.36 bits per heavy atom. The van der Waals surface area contributed by atoms with E-state index < -0.39 is 11.9 Å². The molecular weight excluding hydrogens is 284 g/mol. The van der Waals surface area contributed by atoms with Crippen molar-refractivity contribution >= 4 is 11.9 Å². The summed E-state index contributed by atoms with van der Waals surface area (Å²) in [4.78, 5) is 23.4. The van der Waals surface area contributed by atoms with Crippen LogP contribution in [0.4, 0.5) is 0 Å². The van der Waals surface area contributed by atoms with Gasteiger partial charge in [-0.25, -0.2) is 0 Å². The molecule has 0 radical (unpaired) electrons. The van der Waals surface area contributed by atoms with Gasteiger partial charge in [-0.1, -0.05) is 0 Å². The quantitative estimate of drug-likeness (QED) is 0.423. The Kier molecular flexibility index (Phi) is 6.26. The minimum Gasteiger partial charge on any atom is -0.481 e. The predicted octanol–water partition coefficient (Wildman–Crippen LogP) is 2.24. The van der Waals surface area contributed by atoms with Gasteiger partial charge in [0, 0.05) is 19.6 Å². The maximum Gasteiger partial charge on any atom is 0.307 e. The van der Waals surface area contributed by atoms with Gasteiger partial charge in [0.05, 0.1) is 12.3 Å². The fourth-order valence-corrected chi connectivity index (χ4v) is 3.10. The maximum atomic E-state index is 12.0. The molecule has 3 atom stereocenters. The smallest absolute Gasteiger partial charge is 0.307 e. The molecule has 0 amide bonds. The molecule has 1 heterocycles. The second-order valence-corrected chi connectivity index (χ2v) is 6.22. The molecule has 1 N–H and O–H groups in total. The van der Waals surface area contributed by atoms with Crippen LogP contribution in [-0.4, -0.2) is 36.4 Å². The van der Waals surface area contributed by atoms with Gasteiger partial charge in [0.15, 0.2) is 0 Å². The molecule has 0 aromatic rings. The lowest BCUT2D eigenvalue weighted by Crippen LogP contribution is -2.31. The number of carboxylic acids is 1. The van der Waals surface area contributed by atoms with E-state index in [2.05, 4.69) is 5.92 Å². The lowest BCUT2D eigenvalue weighted by molar-refractivity contribution is -0.155. The molecular formula is C17H24O5. The summed E-state index contributed by atoms with van der Waals surface area (Å²) in [6.07, 6.45) is 10.1. The van der Waals surface area contributed by atoms with E-state index >= 15 is 0 Å². The summed E-state index contributed by atoms with van der Waals surface area (Å²) in [5, 5.41) is 9.35. The van der Waals surface area contributed by atoms with Crippen LogP contribution in [-0.2, 0) is 19.1 Å². The highest BCUT2D eigenvalue weighted by Gasteiger charge is 2.41. The highest BCUT2D eigenvalue weighted by molar-refractivity contribution is 5.79. The summed E-state index contributed by atoms with van der Waals surface area (Å²) in [5.41, 5.74) is 0. The van der Waals surface area contributed by atoms with Crippen molar-refractivity contribution in [2.45, 2.75) is 51.0 Å². The molecule has 1 saturated heterocycles. The van der Waals surface area contributed by atoms with E-state index in [0.717, 1.165) is 25.7 Å². The number of terminal acetylenes is 1. The van der Waals surface area contributed by atoms with Crippen LogP contribution in [0, 0.1) is 30.1 Å². The zero-order valence-corrected chi connectivity index (χ0v) is 12.8. The Bertz CT molecular complexity index is 433. The van der Waals surface area contributed by atoms with Gasteiger partial charge in [0.25, 0.3) is 0 Å². The van der Waals surface area contributed by atoms with Crippen LogP contribution in [0.1, 0.15) is 44.9 Å². The highest BCUT2D eigenvalue weighted by atomic mass is 16.5. The van der Waals surface area contributed by atoms with E-state index in [9.17, 15) is 14.7 Å². The molecule has 5 heteroatoms. The second-order valence-electron chi connectivity index (χ2n) is 6.22. The molecule has 0 unspecified atom stereocenters. The van der Waals surface area contributed by atoms with Gasteiger partial charge < -0.3 is 14.6 Å². The van der Waals surface area contributed by atoms with Gasteiger partial charge in [-0.3, -0.25) is 9.59 Å². The Labute approximate surface area is 131 Å². The number of hydrogen-bond donors (Lipinski definition) is 1. The lowest BCUT2D eigenvalue weighted by Gasteiger charge is -2.27. The average molecular weight is 308 g/mol. The van der Waals surface area contributed by atoms with Crippen LogP contribution in [0.3, 0.4) is 0 Å². The third-order valence-corrected chi connectivity index (χ3v) is 4.58. The molecule has 2 rings (SSSR count). The van der Waals surface area contributed by atoms with Gasteiger partial charge in [-0.2, -0.15) is 0 Å². The summed E-state index contributed by atoms with van der Waals surface area (Å²) in [7, 11) is 0. The first kappa shape index (κ1) is 16.8. The van der Waals surface area contributed by atoms with E-state index in [-0.39, 0.29) is 24.4 Å². The summed E-state index contributed by atoms with van der Waals surface area (Å²) < 4.78 is 10.6. The van der Waals surface area contributed by atoms with E-state index in [4.69, 9.17) is 15.9 Å². The molecule has 0 aromatic carbocycles. The summed E-state index contributed by atoms with van der Waals surface area (Å²) in [5.74, 6) is 1.05. The second kappa shape index (κ2) is 8.19. The monoisotopic (exact) mass is 308 g/mol. The number of rotatable bonds is 8. The van der Waals surface area contributed by atoms with Crippen LogP contribution in [0.15, 0.2) is 0 Å². The normalized spacial score (nSPS) is 26.0. The van der Waals surface area contributed by atoms with Gasteiger partial charge in [-0.05, 0) is 43.9 Å². The summed E-state index contributed by atoms with van der Waals surface area (Å²) in [6.45, 7) is 1.15. The number of carbonyl (C=O) groups is 2. The topological polar surface area (TPSA) is 72.8 Å². The zero-order chi connectivity index (χ0) is 15.9. The number of ether oxygens (including phenoxy) is 2. The first-order valence-electron chi connectivity index (χ1n) is 8.05. The SMILES string of the molecule is C#CCCC[C@@H]1C[C@H]1OC(=O)C[C@H](C(=O)O)C1CCOCC1. The van der Waals surface area contributed by atoms with Crippen molar-refractivity contribution in [3.8, 4) is 12.3 Å². The molecule has 0 spiro atoms. The molecule has 5 nitrogen and oxygen atoms in total. The highest BCUT2D eigenvalue weighted by Crippen LogP contribution is 2.38. The predicted molar refractivity (Wildman–Crippen MR) is 80.0 cm³/mol. The van der Waals surface area contributed by atoms with Crippen LogP contribution in [0.5, 0.6) is 0 Å². The van der Waals surface area contributed by atoms with E-state index in [1.807, 2.05) is 0 Å². The fraction of sp³-hybridized carbons (Fsp3) is 0.765. The van der Waals surface area contributed by atoms with Crippen molar-refractivity contribution in [2.24, 2.45) is 17.8 Å². The first-order valence-corrected chi connectivity index (χ1v) is 8.05. The van der Waals surface area contributed by atoms with Crippen molar-refractivity contribution < 1.29 is 24.2 Å². The number of esters is 1. The fourth-order valence-electron chi connectivity index (χ4n) is 3.10. The minimum absolute atomic E-state index is 0.00410. The third-order valence-electron chi connectivity index (χ3n) is 4.58. The van der Waals surface area contributed by atoms with E-state index in [1.54, 1.807) is 0 Å². The van der Waals surface area contributed by atoms with Crippen molar-refractivity contribution in [1.29, 1.82) is 0 Å². The molecule has 22 heavy (non-hydrogen) atoms. The van der Waals surface area contributed by atoms with Crippen LogP contribution in [0.2, 0.25) is 0 Å². The number of carbonyl (C=O) groups excluding carboxylic acids is 1. The molecule has 1 aliphatic carbocycles. The molecule has 0 aromatic heterocycles. The van der Waals surface area contributed by atoms with E-state index in [0.29, 0.717) is 32.0 Å². The average Bonchev–Trinajstić information content (AvgIpc) is 3.23. The zero-order valence-electron chi connectivity index (χ0n) is 12.8. The summed E-state index contributed by atoms with van der Waals surface area (Å²) in [6, 6.07) is 0. The Morgan fingerprint density at radius 2 is 2.09 bits per heavy atom. The summed E-state index contributed by atoms with van der Waals surface area (Å²) >= 11 is 0.